The molecule has 1 N–H and O–H groups in total. The molecule has 0 bridgehead atoms. The van der Waals surface area contributed by atoms with E-state index in [1.54, 1.807) is 37.6 Å². The lowest BCUT2D eigenvalue weighted by Crippen LogP contribution is -2.16. The SMILES string of the molecule is CC[C@@H](O)COc1ccc(N(C)/C=C\C(=C/C=O)OCc2ccc(Cl)cc2)cc1OC. The van der Waals surface area contributed by atoms with E-state index >= 15 is 0 Å². The van der Waals surface area contributed by atoms with Gasteiger partial charge in [0.05, 0.1) is 13.2 Å². The number of benzene rings is 2. The molecule has 0 heterocycles. The molecule has 2 aromatic carbocycles. The molecule has 2 aromatic rings. The van der Waals surface area contributed by atoms with Crippen LogP contribution in [0, 0.1) is 0 Å². The monoisotopic (exact) mass is 445 g/mol. The Bertz CT molecular complexity index is 895. The van der Waals surface area contributed by atoms with Gasteiger partial charge in [0.15, 0.2) is 11.5 Å². The van der Waals surface area contributed by atoms with Crippen molar-refractivity contribution in [3.8, 4) is 11.5 Å². The first kappa shape index (κ1) is 24.3. The van der Waals surface area contributed by atoms with Crippen LogP contribution in [0.4, 0.5) is 5.69 Å². The quantitative estimate of drug-likeness (QED) is 0.220. The van der Waals surface area contributed by atoms with E-state index in [1.807, 2.05) is 43.1 Å². The highest BCUT2D eigenvalue weighted by atomic mass is 35.5. The van der Waals surface area contributed by atoms with E-state index in [0.29, 0.717) is 41.6 Å². The lowest BCUT2D eigenvalue weighted by atomic mass is 10.2. The third kappa shape index (κ3) is 8.00. The van der Waals surface area contributed by atoms with E-state index in [2.05, 4.69) is 0 Å². The minimum atomic E-state index is -0.522. The second kappa shape index (κ2) is 12.7. The van der Waals surface area contributed by atoms with Gasteiger partial charge in [0, 0.05) is 36.1 Å². The molecule has 0 aliphatic rings. The second-order valence-corrected chi connectivity index (χ2v) is 7.19. The molecule has 0 saturated heterocycles. The predicted molar refractivity (Wildman–Crippen MR) is 123 cm³/mol. The molecule has 0 aliphatic carbocycles. The first-order valence-corrected chi connectivity index (χ1v) is 10.3. The van der Waals surface area contributed by atoms with Gasteiger partial charge in [0.25, 0.3) is 0 Å². The van der Waals surface area contributed by atoms with Crippen LogP contribution in [0.3, 0.4) is 0 Å². The fourth-order valence-electron chi connectivity index (χ4n) is 2.54. The number of anilines is 1. The van der Waals surface area contributed by atoms with E-state index in [0.717, 1.165) is 11.3 Å². The third-order valence-corrected chi connectivity index (χ3v) is 4.72. The van der Waals surface area contributed by atoms with Crippen molar-refractivity contribution in [1.29, 1.82) is 0 Å². The second-order valence-electron chi connectivity index (χ2n) is 6.76. The Labute approximate surface area is 188 Å². The Hall–Kier alpha value is -2.96. The number of hydrogen-bond acceptors (Lipinski definition) is 6. The van der Waals surface area contributed by atoms with Crippen LogP contribution in [-0.2, 0) is 16.1 Å². The summed E-state index contributed by atoms with van der Waals surface area (Å²) in [6.45, 7) is 2.41. The number of methoxy groups -OCH3 is 1. The number of halogens is 1. The molecular formula is C24H28ClNO5. The van der Waals surface area contributed by atoms with Crippen LogP contribution in [-0.4, -0.2) is 38.3 Å². The maximum atomic E-state index is 11.0. The molecule has 1 atom stereocenters. The van der Waals surface area contributed by atoms with Gasteiger partial charge in [0.1, 0.15) is 25.3 Å². The average Bonchev–Trinajstić information content (AvgIpc) is 2.79. The molecule has 0 amide bonds. The number of allylic oxidation sites excluding steroid dienone is 2. The highest BCUT2D eigenvalue weighted by Crippen LogP contribution is 2.32. The van der Waals surface area contributed by atoms with Crippen molar-refractivity contribution in [3.63, 3.8) is 0 Å². The van der Waals surface area contributed by atoms with Crippen LogP contribution in [0.1, 0.15) is 18.9 Å². The molecule has 0 aliphatic heterocycles. The summed E-state index contributed by atoms with van der Waals surface area (Å²) in [5.74, 6) is 1.55. The first-order chi connectivity index (χ1) is 15.0. The van der Waals surface area contributed by atoms with E-state index in [9.17, 15) is 9.90 Å². The number of aliphatic hydroxyl groups excluding tert-OH is 1. The van der Waals surface area contributed by atoms with Crippen LogP contribution in [0.5, 0.6) is 11.5 Å². The molecule has 7 heteroatoms. The summed E-state index contributed by atoms with van der Waals surface area (Å²) >= 11 is 5.89. The Morgan fingerprint density at radius 3 is 2.58 bits per heavy atom. The van der Waals surface area contributed by atoms with Gasteiger partial charge in [-0.3, -0.25) is 4.79 Å². The summed E-state index contributed by atoms with van der Waals surface area (Å²) in [6.07, 6.45) is 5.63. The van der Waals surface area contributed by atoms with Gasteiger partial charge in [0.2, 0.25) is 0 Å². The van der Waals surface area contributed by atoms with Crippen LogP contribution in [0.2, 0.25) is 5.02 Å². The molecule has 0 radical (unpaired) electrons. The predicted octanol–water partition coefficient (Wildman–Crippen LogP) is 4.75. The summed E-state index contributed by atoms with van der Waals surface area (Å²) in [4.78, 5) is 12.8. The Kier molecular flexibility index (Phi) is 9.94. The molecule has 6 nitrogen and oxygen atoms in total. The zero-order valence-electron chi connectivity index (χ0n) is 18.0. The highest BCUT2D eigenvalue weighted by molar-refractivity contribution is 6.30. The maximum absolute atomic E-state index is 11.0. The lowest BCUT2D eigenvalue weighted by Gasteiger charge is -2.18. The molecule has 31 heavy (non-hydrogen) atoms. The summed E-state index contributed by atoms with van der Waals surface area (Å²) in [5, 5.41) is 10.3. The first-order valence-electron chi connectivity index (χ1n) is 9.89. The summed E-state index contributed by atoms with van der Waals surface area (Å²) in [7, 11) is 3.43. The third-order valence-electron chi connectivity index (χ3n) is 4.47. The average molecular weight is 446 g/mol. The van der Waals surface area contributed by atoms with Gasteiger partial charge in [-0.1, -0.05) is 30.7 Å². The van der Waals surface area contributed by atoms with E-state index in [-0.39, 0.29) is 6.61 Å². The van der Waals surface area contributed by atoms with Crippen molar-refractivity contribution in [2.75, 3.05) is 25.7 Å². The van der Waals surface area contributed by atoms with Crippen LogP contribution >= 0.6 is 11.6 Å². The normalized spacial score (nSPS) is 12.5. The standard InChI is InChI=1S/C24H28ClNO5/c1-4-21(28)17-31-23-10-9-20(15-24(23)29-3)26(2)13-11-22(12-14-27)30-16-18-5-7-19(25)8-6-18/h5-15,21,28H,4,16-17H2,1-3H3/b13-11-,22-12+/t21-/m1/s1. The molecule has 166 valence electrons. The zero-order valence-corrected chi connectivity index (χ0v) is 18.7. The van der Waals surface area contributed by atoms with Gasteiger partial charge in [-0.2, -0.15) is 0 Å². The van der Waals surface area contributed by atoms with Gasteiger partial charge in [-0.05, 0) is 42.3 Å². The molecule has 0 aromatic heterocycles. The van der Waals surface area contributed by atoms with Gasteiger partial charge >= 0.3 is 0 Å². The number of carbonyl (C=O) groups excluding carboxylic acids is 1. The van der Waals surface area contributed by atoms with Gasteiger partial charge in [-0.25, -0.2) is 0 Å². The molecule has 0 spiro atoms. The van der Waals surface area contributed by atoms with Crippen LogP contribution in [0.15, 0.2) is 66.6 Å². The van der Waals surface area contributed by atoms with E-state index < -0.39 is 6.10 Å². The maximum Gasteiger partial charge on any atom is 0.162 e. The number of hydrogen-bond donors (Lipinski definition) is 1. The number of nitrogens with zero attached hydrogens (tertiary/aromatic N) is 1. The fourth-order valence-corrected chi connectivity index (χ4v) is 2.66. The lowest BCUT2D eigenvalue weighted by molar-refractivity contribution is -0.104. The fraction of sp³-hybridized carbons (Fsp3) is 0.292. The van der Waals surface area contributed by atoms with E-state index in [1.165, 1.54) is 6.08 Å². The van der Waals surface area contributed by atoms with Crippen molar-refractivity contribution >= 4 is 23.6 Å². The molecular weight excluding hydrogens is 418 g/mol. The largest absolute Gasteiger partial charge is 0.493 e. The molecule has 0 unspecified atom stereocenters. The molecule has 0 saturated carbocycles. The number of carbonyl (C=O) groups is 1. The minimum Gasteiger partial charge on any atom is -0.493 e. The number of aliphatic hydroxyl groups is 1. The van der Waals surface area contributed by atoms with Crippen molar-refractivity contribution < 1.29 is 24.1 Å². The van der Waals surface area contributed by atoms with Crippen LogP contribution in [0.25, 0.3) is 0 Å². The smallest absolute Gasteiger partial charge is 0.162 e. The zero-order chi connectivity index (χ0) is 22.6. The Morgan fingerprint density at radius 2 is 1.94 bits per heavy atom. The molecule has 2 rings (SSSR count). The van der Waals surface area contributed by atoms with Crippen molar-refractivity contribution in [2.24, 2.45) is 0 Å². The van der Waals surface area contributed by atoms with Crippen LogP contribution < -0.4 is 14.4 Å². The summed E-state index contributed by atoms with van der Waals surface area (Å²) in [5.41, 5.74) is 1.79. The topological polar surface area (TPSA) is 68.2 Å². The van der Waals surface area contributed by atoms with Crippen molar-refractivity contribution in [2.45, 2.75) is 26.1 Å². The highest BCUT2D eigenvalue weighted by Gasteiger charge is 2.10. The van der Waals surface area contributed by atoms with Gasteiger partial charge in [-0.15, -0.1) is 0 Å². The van der Waals surface area contributed by atoms with Gasteiger partial charge < -0.3 is 24.2 Å². The number of rotatable bonds is 12. The minimum absolute atomic E-state index is 0.201. The Balaban J connectivity index is 2.04. The van der Waals surface area contributed by atoms with Crippen molar-refractivity contribution in [3.05, 3.63) is 77.2 Å². The molecule has 0 fully saturated rings. The summed E-state index contributed by atoms with van der Waals surface area (Å²) in [6, 6.07) is 12.8. The summed E-state index contributed by atoms with van der Waals surface area (Å²) < 4.78 is 16.8. The van der Waals surface area contributed by atoms with E-state index in [4.69, 9.17) is 25.8 Å². The number of aldehydes is 1. The van der Waals surface area contributed by atoms with Crippen molar-refractivity contribution in [1.82, 2.24) is 0 Å². The number of ether oxygens (including phenoxy) is 3. The Morgan fingerprint density at radius 1 is 1.19 bits per heavy atom.